The largest absolute Gasteiger partial charge is 0.434 e. The van der Waals surface area contributed by atoms with Crippen LogP contribution in [0, 0.1) is 0 Å². The summed E-state index contributed by atoms with van der Waals surface area (Å²) < 4.78 is 54.3. The lowest BCUT2D eigenvalue weighted by Crippen LogP contribution is -2.27. The molecule has 0 aliphatic heterocycles. The van der Waals surface area contributed by atoms with Crippen LogP contribution in [0.25, 0.3) is 0 Å². The molecule has 0 N–H and O–H groups in total. The second-order valence-electron chi connectivity index (χ2n) is 4.20. The van der Waals surface area contributed by atoms with Crippen molar-refractivity contribution in [3.8, 4) is 0 Å². The zero-order valence-electron chi connectivity index (χ0n) is 11.5. The van der Waals surface area contributed by atoms with E-state index in [1.807, 2.05) is 0 Å². The molecule has 0 aliphatic rings. The Balaban J connectivity index is 3.49. The molecular weight excluding hydrogens is 342 g/mol. The molecule has 0 heterocycles. The third-order valence-electron chi connectivity index (χ3n) is 2.61. The van der Waals surface area contributed by atoms with Crippen LogP contribution in [0.2, 0.25) is 0 Å². The van der Waals surface area contributed by atoms with E-state index in [4.69, 9.17) is 11.6 Å². The molecule has 0 amide bonds. The van der Waals surface area contributed by atoms with Crippen LogP contribution in [0.4, 0.5) is 4.79 Å². The summed E-state index contributed by atoms with van der Waals surface area (Å²) in [6.45, 7) is 1.09. The molecule has 10 heteroatoms. The molecule has 1 rings (SSSR count). The summed E-state index contributed by atoms with van der Waals surface area (Å²) in [6.07, 6.45) is 0. The topological polar surface area (TPSA) is 97.8 Å². The molecular formula is C11H14ClNO6S2. The maximum absolute atomic E-state index is 12.3. The SMILES string of the molecule is CC(OC(=O)Cl)S(=O)(=O)c1ccccc1S(=O)(=O)N(C)C. The molecule has 7 nitrogen and oxygen atoms in total. The summed E-state index contributed by atoms with van der Waals surface area (Å²) in [4.78, 5) is 9.82. The van der Waals surface area contributed by atoms with E-state index in [0.717, 1.165) is 23.4 Å². The van der Waals surface area contributed by atoms with Crippen molar-refractivity contribution in [3.63, 3.8) is 0 Å². The third-order valence-corrected chi connectivity index (χ3v) is 6.64. The minimum absolute atomic E-state index is 0.396. The summed E-state index contributed by atoms with van der Waals surface area (Å²) in [7, 11) is -5.63. The van der Waals surface area contributed by atoms with Gasteiger partial charge in [-0.2, -0.15) is 0 Å². The number of hydrogen-bond donors (Lipinski definition) is 0. The van der Waals surface area contributed by atoms with Gasteiger partial charge >= 0.3 is 5.43 Å². The molecule has 0 spiro atoms. The highest BCUT2D eigenvalue weighted by Gasteiger charge is 2.33. The highest BCUT2D eigenvalue weighted by molar-refractivity contribution is 7.93. The van der Waals surface area contributed by atoms with Crippen molar-refractivity contribution in [2.75, 3.05) is 14.1 Å². The molecule has 0 radical (unpaired) electrons. The van der Waals surface area contributed by atoms with Crippen molar-refractivity contribution >= 4 is 36.9 Å². The van der Waals surface area contributed by atoms with Crippen molar-refractivity contribution in [3.05, 3.63) is 24.3 Å². The van der Waals surface area contributed by atoms with Crippen molar-refractivity contribution in [1.82, 2.24) is 4.31 Å². The van der Waals surface area contributed by atoms with Crippen molar-refractivity contribution in [2.45, 2.75) is 22.2 Å². The Morgan fingerprint density at radius 2 is 1.62 bits per heavy atom. The van der Waals surface area contributed by atoms with Gasteiger partial charge in [-0.05, 0) is 19.1 Å². The molecule has 0 aromatic heterocycles. The van der Waals surface area contributed by atoms with Gasteiger partial charge in [0.05, 0.1) is 4.90 Å². The molecule has 0 bridgehead atoms. The predicted octanol–water partition coefficient (Wildman–Crippen LogP) is 1.43. The summed E-state index contributed by atoms with van der Waals surface area (Å²) in [5.74, 6) is 0. The van der Waals surface area contributed by atoms with Crippen LogP contribution in [-0.2, 0) is 24.6 Å². The highest BCUT2D eigenvalue weighted by Crippen LogP contribution is 2.26. The average molecular weight is 356 g/mol. The van der Waals surface area contributed by atoms with E-state index in [0.29, 0.717) is 0 Å². The molecule has 0 fully saturated rings. The first kappa shape index (κ1) is 17.9. The van der Waals surface area contributed by atoms with E-state index >= 15 is 0 Å². The van der Waals surface area contributed by atoms with E-state index in [1.165, 1.54) is 26.2 Å². The van der Waals surface area contributed by atoms with Gasteiger partial charge in [-0.15, -0.1) is 0 Å². The summed E-state index contributed by atoms with van der Waals surface area (Å²) in [6, 6.07) is 5.06. The smallest absolute Gasteiger partial charge is 0.405 e. The molecule has 1 aromatic carbocycles. The summed E-state index contributed by atoms with van der Waals surface area (Å²) >= 11 is 4.99. The zero-order valence-corrected chi connectivity index (χ0v) is 13.9. The molecule has 0 aliphatic carbocycles. The Bertz CT molecular complexity index is 742. The van der Waals surface area contributed by atoms with E-state index in [-0.39, 0.29) is 0 Å². The Kier molecular flexibility index (Phi) is 5.37. The van der Waals surface area contributed by atoms with Gasteiger partial charge in [-0.1, -0.05) is 12.1 Å². The van der Waals surface area contributed by atoms with Crippen LogP contribution in [-0.4, -0.2) is 46.1 Å². The second-order valence-corrected chi connectivity index (χ2v) is 8.82. The third kappa shape index (κ3) is 3.73. The molecule has 21 heavy (non-hydrogen) atoms. The number of carbonyl (C=O) groups excluding carboxylic acids is 1. The van der Waals surface area contributed by atoms with Crippen LogP contribution in [0.1, 0.15) is 6.92 Å². The lowest BCUT2D eigenvalue weighted by molar-refractivity contribution is 0.164. The lowest BCUT2D eigenvalue weighted by Gasteiger charge is -2.17. The fourth-order valence-corrected chi connectivity index (χ4v) is 4.47. The van der Waals surface area contributed by atoms with Crippen molar-refractivity contribution in [2.24, 2.45) is 0 Å². The van der Waals surface area contributed by atoms with Gasteiger partial charge < -0.3 is 4.74 Å². The Morgan fingerprint density at radius 1 is 1.14 bits per heavy atom. The number of benzene rings is 1. The van der Waals surface area contributed by atoms with Gasteiger partial charge in [0.1, 0.15) is 4.90 Å². The van der Waals surface area contributed by atoms with Gasteiger partial charge in [0.2, 0.25) is 25.3 Å². The number of rotatable bonds is 5. The minimum atomic E-state index is -4.21. The molecule has 118 valence electrons. The van der Waals surface area contributed by atoms with Crippen LogP contribution in [0.5, 0.6) is 0 Å². The second kappa shape index (κ2) is 6.30. The normalized spacial score (nSPS) is 14.0. The first-order valence-electron chi connectivity index (χ1n) is 5.63. The molecule has 1 unspecified atom stereocenters. The number of hydrogen-bond acceptors (Lipinski definition) is 6. The maximum atomic E-state index is 12.3. The number of nitrogens with zero attached hydrogens (tertiary/aromatic N) is 1. The Hall–Kier alpha value is -1.16. The Morgan fingerprint density at radius 3 is 2.05 bits per heavy atom. The van der Waals surface area contributed by atoms with Gasteiger partial charge in [0, 0.05) is 25.7 Å². The lowest BCUT2D eigenvalue weighted by atomic mass is 10.4. The Labute approximate surface area is 128 Å². The fourth-order valence-electron chi connectivity index (χ4n) is 1.47. The van der Waals surface area contributed by atoms with Crippen LogP contribution < -0.4 is 0 Å². The van der Waals surface area contributed by atoms with Gasteiger partial charge in [0.25, 0.3) is 0 Å². The highest BCUT2D eigenvalue weighted by atomic mass is 35.5. The minimum Gasteiger partial charge on any atom is -0.434 e. The molecule has 0 saturated heterocycles. The fraction of sp³-hybridized carbons (Fsp3) is 0.364. The quantitative estimate of drug-likeness (QED) is 0.741. The van der Waals surface area contributed by atoms with Crippen LogP contribution >= 0.6 is 11.6 Å². The van der Waals surface area contributed by atoms with E-state index in [9.17, 15) is 21.6 Å². The standard InChI is InChI=1S/C11H14ClNO6S2/c1-8(19-11(12)14)20(15,16)9-6-4-5-7-10(9)21(17,18)13(2)3/h4-8H,1-3H3. The van der Waals surface area contributed by atoms with Gasteiger partial charge in [0.15, 0.2) is 0 Å². The van der Waals surface area contributed by atoms with Crippen LogP contribution in [0.3, 0.4) is 0 Å². The first-order valence-corrected chi connectivity index (χ1v) is 8.99. The average Bonchev–Trinajstić information content (AvgIpc) is 2.37. The summed E-state index contributed by atoms with van der Waals surface area (Å²) in [5.41, 5.74) is -2.90. The van der Waals surface area contributed by atoms with Gasteiger partial charge in [-0.3, -0.25) is 0 Å². The monoisotopic (exact) mass is 355 g/mol. The van der Waals surface area contributed by atoms with E-state index < -0.39 is 40.5 Å². The number of ether oxygens (including phenoxy) is 1. The van der Waals surface area contributed by atoms with Gasteiger partial charge in [-0.25, -0.2) is 25.9 Å². The van der Waals surface area contributed by atoms with E-state index in [2.05, 4.69) is 4.74 Å². The number of sulfonamides is 1. The molecule has 1 atom stereocenters. The predicted molar refractivity (Wildman–Crippen MR) is 76.3 cm³/mol. The van der Waals surface area contributed by atoms with Crippen molar-refractivity contribution < 1.29 is 26.4 Å². The van der Waals surface area contributed by atoms with Crippen LogP contribution in [0.15, 0.2) is 34.1 Å². The van der Waals surface area contributed by atoms with Crippen molar-refractivity contribution in [1.29, 1.82) is 0 Å². The number of sulfone groups is 1. The molecule has 1 aromatic rings. The molecule has 0 saturated carbocycles. The zero-order chi connectivity index (χ0) is 16.4. The first-order chi connectivity index (χ1) is 9.51. The maximum Gasteiger partial charge on any atom is 0.405 e. The van der Waals surface area contributed by atoms with E-state index in [1.54, 1.807) is 0 Å². The number of carbonyl (C=O) groups is 1. The number of halogens is 1. The summed E-state index contributed by atoms with van der Waals surface area (Å²) in [5, 5.41) is 0.